The number of hydrogen-bond acceptors (Lipinski definition) is 4. The van der Waals surface area contributed by atoms with Crippen LogP contribution in [0.5, 0.6) is 0 Å². The van der Waals surface area contributed by atoms with E-state index in [2.05, 4.69) is 34.7 Å². The molecule has 4 nitrogen and oxygen atoms in total. The molecule has 3 N–H and O–H groups in total. The number of nitrogens with zero attached hydrogens (tertiary/aromatic N) is 2. The number of aryl methyl sites for hydroxylation is 1. The van der Waals surface area contributed by atoms with Gasteiger partial charge in [0.2, 0.25) is 0 Å². The molecule has 0 radical (unpaired) electrons. The lowest BCUT2D eigenvalue weighted by Crippen LogP contribution is -2.12. The van der Waals surface area contributed by atoms with Crippen molar-refractivity contribution in [2.24, 2.45) is 5.84 Å². The van der Waals surface area contributed by atoms with E-state index in [1.807, 2.05) is 18.2 Å². The zero-order chi connectivity index (χ0) is 14.2. The standard InChI is InChI=1S/C17H16N4/c18-21-17-14-9-4-10-15(14)19-16(20-17)13-8-3-6-11-5-1-2-7-12(11)13/h1-3,5-8H,4,9-10,18H2,(H,19,20,21). The number of nitrogens with one attached hydrogen (secondary N) is 1. The molecule has 0 bridgehead atoms. The first-order chi connectivity index (χ1) is 10.4. The Bertz CT molecular complexity index is 821. The predicted molar refractivity (Wildman–Crippen MR) is 84.8 cm³/mol. The monoisotopic (exact) mass is 276 g/mol. The van der Waals surface area contributed by atoms with Crippen LogP contribution in [0.3, 0.4) is 0 Å². The molecule has 0 saturated carbocycles. The Hall–Kier alpha value is -2.46. The molecule has 104 valence electrons. The van der Waals surface area contributed by atoms with Crippen molar-refractivity contribution in [1.82, 2.24) is 9.97 Å². The Balaban J connectivity index is 1.97. The molecule has 0 aliphatic heterocycles. The molecule has 1 aliphatic rings. The van der Waals surface area contributed by atoms with Gasteiger partial charge in [0.15, 0.2) is 5.82 Å². The Morgan fingerprint density at radius 3 is 2.71 bits per heavy atom. The molecule has 0 saturated heterocycles. The van der Waals surface area contributed by atoms with Gasteiger partial charge in [0, 0.05) is 16.8 Å². The molecule has 0 amide bonds. The van der Waals surface area contributed by atoms with Gasteiger partial charge in [0.05, 0.1) is 0 Å². The Kier molecular flexibility index (Phi) is 2.82. The smallest absolute Gasteiger partial charge is 0.162 e. The van der Waals surface area contributed by atoms with Gasteiger partial charge in [-0.3, -0.25) is 0 Å². The summed E-state index contributed by atoms with van der Waals surface area (Å²) in [4.78, 5) is 9.41. The van der Waals surface area contributed by atoms with Gasteiger partial charge in [-0.2, -0.15) is 0 Å². The van der Waals surface area contributed by atoms with Gasteiger partial charge >= 0.3 is 0 Å². The van der Waals surface area contributed by atoms with Crippen molar-refractivity contribution in [1.29, 1.82) is 0 Å². The van der Waals surface area contributed by atoms with Crippen LogP contribution < -0.4 is 11.3 Å². The highest BCUT2D eigenvalue weighted by Crippen LogP contribution is 2.31. The average Bonchev–Trinajstić information content (AvgIpc) is 3.02. The van der Waals surface area contributed by atoms with Crippen LogP contribution in [-0.2, 0) is 12.8 Å². The summed E-state index contributed by atoms with van der Waals surface area (Å²) >= 11 is 0. The molecule has 21 heavy (non-hydrogen) atoms. The summed E-state index contributed by atoms with van der Waals surface area (Å²) < 4.78 is 0. The first kappa shape index (κ1) is 12.3. The largest absolute Gasteiger partial charge is 0.308 e. The van der Waals surface area contributed by atoms with E-state index in [1.165, 1.54) is 16.3 Å². The molecule has 0 atom stereocenters. The molecule has 0 unspecified atom stereocenters. The van der Waals surface area contributed by atoms with E-state index < -0.39 is 0 Å². The summed E-state index contributed by atoms with van der Waals surface area (Å²) in [5.41, 5.74) is 6.08. The topological polar surface area (TPSA) is 63.8 Å². The van der Waals surface area contributed by atoms with E-state index in [0.717, 1.165) is 42.2 Å². The van der Waals surface area contributed by atoms with Crippen LogP contribution in [0.15, 0.2) is 42.5 Å². The quantitative estimate of drug-likeness (QED) is 0.557. The third kappa shape index (κ3) is 1.96. The summed E-state index contributed by atoms with van der Waals surface area (Å²) in [6.45, 7) is 0. The summed E-state index contributed by atoms with van der Waals surface area (Å²) in [5.74, 6) is 7.16. The van der Waals surface area contributed by atoms with E-state index in [9.17, 15) is 0 Å². The van der Waals surface area contributed by atoms with Crippen LogP contribution in [-0.4, -0.2) is 9.97 Å². The maximum atomic E-state index is 5.64. The maximum Gasteiger partial charge on any atom is 0.162 e. The van der Waals surface area contributed by atoms with Crippen LogP contribution in [0.4, 0.5) is 5.82 Å². The zero-order valence-electron chi connectivity index (χ0n) is 11.6. The number of nitrogens with two attached hydrogens (primary N) is 1. The fraction of sp³-hybridized carbons (Fsp3) is 0.176. The van der Waals surface area contributed by atoms with Crippen molar-refractivity contribution in [3.63, 3.8) is 0 Å². The number of fused-ring (bicyclic) bond motifs is 2. The van der Waals surface area contributed by atoms with E-state index in [4.69, 9.17) is 10.8 Å². The summed E-state index contributed by atoms with van der Waals surface area (Å²) in [7, 11) is 0. The van der Waals surface area contributed by atoms with Crippen LogP contribution in [0, 0.1) is 0 Å². The van der Waals surface area contributed by atoms with Crippen LogP contribution in [0.2, 0.25) is 0 Å². The summed E-state index contributed by atoms with van der Waals surface area (Å²) in [5, 5.41) is 2.36. The maximum absolute atomic E-state index is 5.64. The minimum atomic E-state index is 0.750. The highest BCUT2D eigenvalue weighted by atomic mass is 15.3. The fourth-order valence-corrected chi connectivity index (χ4v) is 3.09. The molecular formula is C17H16N4. The highest BCUT2D eigenvalue weighted by Gasteiger charge is 2.20. The van der Waals surface area contributed by atoms with Gasteiger partial charge in [0.25, 0.3) is 0 Å². The van der Waals surface area contributed by atoms with Gasteiger partial charge < -0.3 is 5.43 Å². The predicted octanol–water partition coefficient (Wildman–Crippen LogP) is 3.07. The summed E-state index contributed by atoms with van der Waals surface area (Å²) in [6, 6.07) is 14.5. The van der Waals surface area contributed by atoms with Gasteiger partial charge in [0.1, 0.15) is 5.82 Å². The van der Waals surface area contributed by atoms with E-state index in [0.29, 0.717) is 0 Å². The number of aromatic nitrogens is 2. The van der Waals surface area contributed by atoms with Crippen LogP contribution >= 0.6 is 0 Å². The second-order valence-electron chi connectivity index (χ2n) is 5.35. The van der Waals surface area contributed by atoms with E-state index in [-0.39, 0.29) is 0 Å². The first-order valence-electron chi connectivity index (χ1n) is 7.21. The highest BCUT2D eigenvalue weighted by molar-refractivity contribution is 5.95. The average molecular weight is 276 g/mol. The molecule has 1 aliphatic carbocycles. The van der Waals surface area contributed by atoms with E-state index in [1.54, 1.807) is 0 Å². The first-order valence-corrected chi connectivity index (χ1v) is 7.21. The van der Waals surface area contributed by atoms with Crippen molar-refractivity contribution >= 4 is 16.6 Å². The number of hydrazine groups is 1. The second-order valence-corrected chi connectivity index (χ2v) is 5.35. The van der Waals surface area contributed by atoms with Crippen molar-refractivity contribution in [3.8, 4) is 11.4 Å². The second kappa shape index (κ2) is 4.82. The van der Waals surface area contributed by atoms with Crippen molar-refractivity contribution < 1.29 is 0 Å². The molecule has 4 rings (SSSR count). The molecule has 0 spiro atoms. The summed E-state index contributed by atoms with van der Waals surface area (Å²) in [6.07, 6.45) is 3.13. The number of rotatable bonds is 2. The van der Waals surface area contributed by atoms with Crippen molar-refractivity contribution in [3.05, 3.63) is 53.7 Å². The normalized spacial score (nSPS) is 13.4. The minimum absolute atomic E-state index is 0.750. The number of hydrogen-bond donors (Lipinski definition) is 2. The third-order valence-electron chi connectivity index (χ3n) is 4.10. The van der Waals surface area contributed by atoms with Gasteiger partial charge in [-0.15, -0.1) is 0 Å². The Labute approximate surface area is 123 Å². The lowest BCUT2D eigenvalue weighted by molar-refractivity contribution is 0.900. The van der Waals surface area contributed by atoms with E-state index >= 15 is 0 Å². The number of nitrogen functional groups attached to an aromatic ring is 1. The lowest BCUT2D eigenvalue weighted by Gasteiger charge is -2.11. The molecule has 2 aromatic carbocycles. The molecule has 1 heterocycles. The zero-order valence-corrected chi connectivity index (χ0v) is 11.6. The molecule has 0 fully saturated rings. The number of benzene rings is 2. The van der Waals surface area contributed by atoms with Crippen LogP contribution in [0.1, 0.15) is 17.7 Å². The van der Waals surface area contributed by atoms with Crippen molar-refractivity contribution in [2.75, 3.05) is 5.43 Å². The van der Waals surface area contributed by atoms with Gasteiger partial charge in [-0.05, 0) is 30.0 Å². The fourth-order valence-electron chi connectivity index (χ4n) is 3.09. The number of anilines is 1. The SMILES string of the molecule is NNc1nc(-c2cccc3ccccc23)nc2c1CCC2. The lowest BCUT2D eigenvalue weighted by atomic mass is 10.0. The van der Waals surface area contributed by atoms with Crippen molar-refractivity contribution in [2.45, 2.75) is 19.3 Å². The molecule has 4 heteroatoms. The molecular weight excluding hydrogens is 260 g/mol. The Morgan fingerprint density at radius 2 is 1.81 bits per heavy atom. The molecule has 3 aromatic rings. The third-order valence-corrected chi connectivity index (χ3v) is 4.10. The van der Waals surface area contributed by atoms with Gasteiger partial charge in [-0.25, -0.2) is 15.8 Å². The molecule has 1 aromatic heterocycles. The minimum Gasteiger partial charge on any atom is -0.308 e. The Morgan fingerprint density at radius 1 is 0.952 bits per heavy atom. The van der Waals surface area contributed by atoms with Crippen LogP contribution in [0.25, 0.3) is 22.2 Å². The van der Waals surface area contributed by atoms with Gasteiger partial charge in [-0.1, -0.05) is 42.5 Å².